The predicted octanol–water partition coefficient (Wildman–Crippen LogP) is 5.22. The molecule has 5 nitrogen and oxygen atoms in total. The second-order valence-corrected chi connectivity index (χ2v) is 9.17. The Labute approximate surface area is 185 Å². The van der Waals surface area contributed by atoms with Crippen LogP contribution < -0.4 is 5.32 Å². The van der Waals surface area contributed by atoms with Gasteiger partial charge in [-0.15, -0.1) is 0 Å². The van der Waals surface area contributed by atoms with Crippen molar-refractivity contribution in [2.75, 3.05) is 25.0 Å². The highest BCUT2D eigenvalue weighted by molar-refractivity contribution is 5.89. The Hall–Kier alpha value is -2.82. The molecule has 0 saturated carbocycles. The van der Waals surface area contributed by atoms with Crippen LogP contribution in [0.3, 0.4) is 0 Å². The fourth-order valence-corrected chi connectivity index (χ4v) is 5.07. The monoisotopic (exact) mass is 419 g/mol. The summed E-state index contributed by atoms with van der Waals surface area (Å²) in [6, 6.07) is 14.6. The molecule has 0 aromatic heterocycles. The van der Waals surface area contributed by atoms with Crippen molar-refractivity contribution in [3.05, 3.63) is 64.7 Å². The number of carbonyl (C=O) groups is 2. The molecular weight excluding hydrogens is 386 g/mol. The van der Waals surface area contributed by atoms with Gasteiger partial charge in [0.25, 0.3) is 0 Å². The number of rotatable bonds is 3. The summed E-state index contributed by atoms with van der Waals surface area (Å²) >= 11 is 0. The molecule has 0 bridgehead atoms. The van der Waals surface area contributed by atoms with Gasteiger partial charge in [-0.1, -0.05) is 41.5 Å². The van der Waals surface area contributed by atoms with E-state index < -0.39 is 0 Å². The van der Waals surface area contributed by atoms with Crippen LogP contribution in [-0.2, 0) is 4.79 Å². The van der Waals surface area contributed by atoms with Crippen LogP contribution in [0.4, 0.5) is 10.5 Å². The quantitative estimate of drug-likeness (QED) is 0.742. The lowest BCUT2D eigenvalue weighted by Gasteiger charge is -2.35. The van der Waals surface area contributed by atoms with Gasteiger partial charge in [0.2, 0.25) is 5.91 Å². The average Bonchev–Trinajstić information content (AvgIpc) is 3.22. The van der Waals surface area contributed by atoms with E-state index in [-0.39, 0.29) is 23.9 Å². The Morgan fingerprint density at radius 1 is 0.871 bits per heavy atom. The molecule has 31 heavy (non-hydrogen) atoms. The lowest BCUT2D eigenvalue weighted by Crippen LogP contribution is -2.45. The number of carbonyl (C=O) groups excluding carboxylic acids is 2. The summed E-state index contributed by atoms with van der Waals surface area (Å²) in [7, 11) is 0. The smallest absolute Gasteiger partial charge is 0.321 e. The topological polar surface area (TPSA) is 52.7 Å². The van der Waals surface area contributed by atoms with Gasteiger partial charge in [0, 0.05) is 31.2 Å². The number of benzene rings is 2. The Bertz CT molecular complexity index is 943. The summed E-state index contributed by atoms with van der Waals surface area (Å²) in [5.41, 5.74) is 5.70. The van der Waals surface area contributed by atoms with Gasteiger partial charge in [0.05, 0.1) is 6.04 Å². The molecule has 0 spiro atoms. The Morgan fingerprint density at radius 2 is 1.58 bits per heavy atom. The van der Waals surface area contributed by atoms with Crippen molar-refractivity contribution < 1.29 is 9.59 Å². The van der Waals surface area contributed by atoms with Crippen LogP contribution in [0.5, 0.6) is 0 Å². The fraction of sp³-hybridized carbons (Fsp3) is 0.462. The molecule has 2 saturated heterocycles. The Morgan fingerprint density at radius 3 is 2.26 bits per heavy atom. The Balaban J connectivity index is 1.36. The van der Waals surface area contributed by atoms with E-state index >= 15 is 0 Å². The molecule has 2 fully saturated rings. The number of piperidine rings is 1. The summed E-state index contributed by atoms with van der Waals surface area (Å²) in [5.74, 6) is 0.273. The number of aryl methyl sites for hydroxylation is 3. The molecule has 0 aliphatic carbocycles. The zero-order chi connectivity index (χ0) is 22.0. The second kappa shape index (κ2) is 9.13. The molecule has 2 aliphatic heterocycles. The number of urea groups is 1. The third-order valence-electron chi connectivity index (χ3n) is 6.57. The standard InChI is InChI=1S/C26H33N3O2/c1-18-6-4-7-23(17-18)27-26(31)28-12-9-21(10-13-28)25(30)29-11-5-8-24(29)22-15-19(2)14-20(3)16-22/h4,6-7,14-17,21,24H,5,8-13H2,1-3H3,(H,27,31). The Kier molecular flexibility index (Phi) is 6.30. The number of anilines is 1. The molecule has 2 aromatic carbocycles. The summed E-state index contributed by atoms with van der Waals surface area (Å²) < 4.78 is 0. The van der Waals surface area contributed by atoms with Crippen LogP contribution in [0.15, 0.2) is 42.5 Å². The van der Waals surface area contributed by atoms with E-state index in [0.717, 1.165) is 43.5 Å². The van der Waals surface area contributed by atoms with Gasteiger partial charge in [0.1, 0.15) is 0 Å². The van der Waals surface area contributed by atoms with E-state index in [1.165, 1.54) is 16.7 Å². The highest BCUT2D eigenvalue weighted by Gasteiger charge is 2.36. The van der Waals surface area contributed by atoms with Crippen molar-refractivity contribution >= 4 is 17.6 Å². The van der Waals surface area contributed by atoms with E-state index in [4.69, 9.17) is 0 Å². The molecule has 1 unspecified atom stereocenters. The number of nitrogens with zero attached hydrogens (tertiary/aromatic N) is 2. The zero-order valence-corrected chi connectivity index (χ0v) is 18.9. The van der Waals surface area contributed by atoms with Crippen LogP contribution in [0.1, 0.15) is 54.0 Å². The van der Waals surface area contributed by atoms with Crippen molar-refractivity contribution in [1.82, 2.24) is 9.80 Å². The first-order valence-electron chi connectivity index (χ1n) is 11.4. The first-order valence-corrected chi connectivity index (χ1v) is 11.4. The highest BCUT2D eigenvalue weighted by Crippen LogP contribution is 2.35. The van der Waals surface area contributed by atoms with E-state index in [9.17, 15) is 9.59 Å². The van der Waals surface area contributed by atoms with Crippen LogP contribution in [0.25, 0.3) is 0 Å². The molecule has 3 amide bonds. The molecule has 1 atom stereocenters. The predicted molar refractivity (Wildman–Crippen MR) is 124 cm³/mol. The number of likely N-dealkylation sites (tertiary alicyclic amines) is 2. The van der Waals surface area contributed by atoms with Gasteiger partial charge in [-0.2, -0.15) is 0 Å². The summed E-state index contributed by atoms with van der Waals surface area (Å²) in [6.07, 6.45) is 3.56. The van der Waals surface area contributed by atoms with Gasteiger partial charge < -0.3 is 15.1 Å². The van der Waals surface area contributed by atoms with E-state index in [1.807, 2.05) is 36.1 Å². The van der Waals surface area contributed by atoms with Crippen LogP contribution >= 0.6 is 0 Å². The van der Waals surface area contributed by atoms with Gasteiger partial charge in [-0.25, -0.2) is 4.79 Å². The largest absolute Gasteiger partial charge is 0.335 e. The number of nitrogens with one attached hydrogen (secondary N) is 1. The summed E-state index contributed by atoms with van der Waals surface area (Å²) in [5, 5.41) is 2.98. The van der Waals surface area contributed by atoms with Crippen molar-refractivity contribution in [3.8, 4) is 0 Å². The maximum Gasteiger partial charge on any atom is 0.321 e. The third kappa shape index (κ3) is 4.92. The summed E-state index contributed by atoms with van der Waals surface area (Å²) in [4.78, 5) is 29.9. The van der Waals surface area contributed by atoms with E-state index in [2.05, 4.69) is 42.3 Å². The second-order valence-electron chi connectivity index (χ2n) is 9.17. The molecule has 2 heterocycles. The van der Waals surface area contributed by atoms with E-state index in [1.54, 1.807) is 0 Å². The molecule has 1 N–H and O–H groups in total. The highest BCUT2D eigenvalue weighted by atomic mass is 16.2. The van der Waals surface area contributed by atoms with Crippen molar-refractivity contribution in [1.29, 1.82) is 0 Å². The van der Waals surface area contributed by atoms with Crippen molar-refractivity contribution in [2.45, 2.75) is 52.5 Å². The van der Waals surface area contributed by atoms with Gasteiger partial charge in [-0.05, 0) is 69.7 Å². The molecule has 5 heteroatoms. The number of amides is 3. The number of hydrogen-bond donors (Lipinski definition) is 1. The first kappa shape index (κ1) is 21.4. The maximum atomic E-state index is 13.4. The van der Waals surface area contributed by atoms with Crippen LogP contribution in [0.2, 0.25) is 0 Å². The number of hydrogen-bond acceptors (Lipinski definition) is 2. The lowest BCUT2D eigenvalue weighted by molar-refractivity contribution is -0.137. The molecule has 0 radical (unpaired) electrons. The average molecular weight is 420 g/mol. The van der Waals surface area contributed by atoms with Crippen LogP contribution in [-0.4, -0.2) is 41.4 Å². The van der Waals surface area contributed by atoms with Gasteiger partial charge in [-0.3, -0.25) is 4.79 Å². The molecule has 164 valence electrons. The van der Waals surface area contributed by atoms with Gasteiger partial charge >= 0.3 is 6.03 Å². The lowest BCUT2D eigenvalue weighted by atomic mass is 9.94. The first-order chi connectivity index (χ1) is 14.9. The zero-order valence-electron chi connectivity index (χ0n) is 18.9. The molecule has 2 aliphatic rings. The summed E-state index contributed by atoms with van der Waals surface area (Å²) in [6.45, 7) is 8.33. The molecule has 4 rings (SSSR count). The molecular formula is C26H33N3O2. The molecule has 2 aromatic rings. The normalized spacial score (nSPS) is 19.5. The fourth-order valence-electron chi connectivity index (χ4n) is 5.07. The minimum Gasteiger partial charge on any atom is -0.335 e. The SMILES string of the molecule is Cc1cccc(NC(=O)N2CCC(C(=O)N3CCCC3c3cc(C)cc(C)c3)CC2)c1. The minimum atomic E-state index is -0.0780. The van der Waals surface area contributed by atoms with Crippen molar-refractivity contribution in [2.24, 2.45) is 5.92 Å². The minimum absolute atomic E-state index is 0.00882. The third-order valence-corrected chi connectivity index (χ3v) is 6.57. The van der Waals surface area contributed by atoms with Crippen LogP contribution in [0, 0.1) is 26.7 Å². The van der Waals surface area contributed by atoms with E-state index in [0.29, 0.717) is 13.1 Å². The van der Waals surface area contributed by atoms with Crippen molar-refractivity contribution in [3.63, 3.8) is 0 Å². The van der Waals surface area contributed by atoms with Gasteiger partial charge in [0.15, 0.2) is 0 Å². The maximum absolute atomic E-state index is 13.4.